The summed E-state index contributed by atoms with van der Waals surface area (Å²) in [5, 5.41) is 6.56. The van der Waals surface area contributed by atoms with Crippen molar-refractivity contribution in [2.75, 3.05) is 0 Å². The molecule has 0 aromatic carbocycles. The van der Waals surface area contributed by atoms with Gasteiger partial charge in [-0.05, 0) is 25.1 Å². The maximum absolute atomic E-state index is 12.9. The number of halogens is 1. The van der Waals surface area contributed by atoms with Gasteiger partial charge in [0.25, 0.3) is 0 Å². The second-order valence-electron chi connectivity index (χ2n) is 2.73. The summed E-state index contributed by atoms with van der Waals surface area (Å²) >= 11 is 0. The van der Waals surface area contributed by atoms with E-state index >= 15 is 0 Å². The zero-order valence-corrected chi connectivity index (χ0v) is 7.08. The summed E-state index contributed by atoms with van der Waals surface area (Å²) in [6, 6.07) is 4.81. The van der Waals surface area contributed by atoms with Crippen LogP contribution >= 0.6 is 0 Å². The van der Waals surface area contributed by atoms with Crippen molar-refractivity contribution >= 4 is 0 Å². The highest BCUT2D eigenvalue weighted by Gasteiger charge is 2.03. The molecular formula is C9H8FN3. The molecule has 0 aliphatic carbocycles. The molecule has 2 heterocycles. The molecule has 2 aromatic heterocycles. The maximum Gasteiger partial charge on any atom is 0.144 e. The molecule has 0 spiro atoms. The number of pyridine rings is 1. The van der Waals surface area contributed by atoms with Gasteiger partial charge < -0.3 is 0 Å². The van der Waals surface area contributed by atoms with Crippen LogP contribution in [0.4, 0.5) is 4.39 Å². The number of aromatic nitrogens is 3. The molecule has 1 N–H and O–H groups in total. The molecule has 13 heavy (non-hydrogen) atoms. The number of hydrogen-bond donors (Lipinski definition) is 1. The van der Waals surface area contributed by atoms with Gasteiger partial charge in [0.05, 0.1) is 17.1 Å². The average molecular weight is 177 g/mol. The van der Waals surface area contributed by atoms with E-state index in [1.165, 1.54) is 6.07 Å². The van der Waals surface area contributed by atoms with Gasteiger partial charge in [-0.1, -0.05) is 0 Å². The van der Waals surface area contributed by atoms with E-state index in [0.29, 0.717) is 11.4 Å². The zero-order valence-electron chi connectivity index (χ0n) is 7.08. The standard InChI is InChI=1S/C9H8FN3/c1-6-7(10)2-3-8(12-6)9-4-5-11-13-9/h2-5H,1H3,(H,11,13). The molecule has 0 aliphatic heterocycles. The van der Waals surface area contributed by atoms with E-state index in [-0.39, 0.29) is 5.82 Å². The van der Waals surface area contributed by atoms with Crippen molar-refractivity contribution in [1.29, 1.82) is 0 Å². The Morgan fingerprint density at radius 1 is 1.31 bits per heavy atom. The van der Waals surface area contributed by atoms with Gasteiger partial charge in [-0.15, -0.1) is 0 Å². The average Bonchev–Trinajstić information content (AvgIpc) is 2.62. The highest BCUT2D eigenvalue weighted by molar-refractivity contribution is 5.53. The van der Waals surface area contributed by atoms with Gasteiger partial charge in [0.15, 0.2) is 0 Å². The van der Waals surface area contributed by atoms with E-state index in [1.54, 1.807) is 25.3 Å². The minimum atomic E-state index is -0.289. The number of aromatic amines is 1. The fourth-order valence-electron chi connectivity index (χ4n) is 1.09. The summed E-state index contributed by atoms with van der Waals surface area (Å²) in [4.78, 5) is 4.07. The predicted molar refractivity (Wildman–Crippen MR) is 46.5 cm³/mol. The summed E-state index contributed by atoms with van der Waals surface area (Å²) in [5.74, 6) is -0.289. The summed E-state index contributed by atoms with van der Waals surface area (Å²) in [6.07, 6.45) is 1.63. The quantitative estimate of drug-likeness (QED) is 0.723. The fourth-order valence-corrected chi connectivity index (χ4v) is 1.09. The van der Waals surface area contributed by atoms with Crippen LogP contribution in [0.1, 0.15) is 5.69 Å². The van der Waals surface area contributed by atoms with Crippen LogP contribution in [-0.2, 0) is 0 Å². The Labute approximate surface area is 74.6 Å². The van der Waals surface area contributed by atoms with Gasteiger partial charge in [0.1, 0.15) is 5.82 Å². The first-order valence-corrected chi connectivity index (χ1v) is 3.90. The number of hydrogen-bond acceptors (Lipinski definition) is 2. The third-order valence-electron chi connectivity index (χ3n) is 1.80. The maximum atomic E-state index is 12.9. The van der Waals surface area contributed by atoms with Crippen molar-refractivity contribution < 1.29 is 4.39 Å². The summed E-state index contributed by atoms with van der Waals surface area (Å²) in [5.41, 5.74) is 1.90. The summed E-state index contributed by atoms with van der Waals surface area (Å²) in [7, 11) is 0. The smallest absolute Gasteiger partial charge is 0.144 e. The van der Waals surface area contributed by atoms with Crippen LogP contribution in [-0.4, -0.2) is 15.2 Å². The van der Waals surface area contributed by atoms with Crippen molar-refractivity contribution in [3.8, 4) is 11.4 Å². The number of H-pyrrole nitrogens is 1. The van der Waals surface area contributed by atoms with Crippen LogP contribution in [0, 0.1) is 12.7 Å². The lowest BCUT2D eigenvalue weighted by Crippen LogP contribution is -1.90. The van der Waals surface area contributed by atoms with Crippen LogP contribution in [0.3, 0.4) is 0 Å². The largest absolute Gasteiger partial charge is 0.276 e. The summed E-state index contributed by atoms with van der Waals surface area (Å²) in [6.45, 7) is 1.63. The van der Waals surface area contributed by atoms with Crippen molar-refractivity contribution in [2.45, 2.75) is 6.92 Å². The SMILES string of the molecule is Cc1nc(-c2ccn[nH]2)ccc1F. The Bertz CT molecular complexity index is 409. The lowest BCUT2D eigenvalue weighted by atomic mass is 10.2. The van der Waals surface area contributed by atoms with Crippen molar-refractivity contribution in [3.05, 3.63) is 35.9 Å². The van der Waals surface area contributed by atoms with Crippen LogP contribution in [0.5, 0.6) is 0 Å². The number of nitrogens with zero attached hydrogens (tertiary/aromatic N) is 2. The van der Waals surface area contributed by atoms with Gasteiger partial charge in [-0.3, -0.25) is 5.10 Å². The highest BCUT2D eigenvalue weighted by atomic mass is 19.1. The zero-order chi connectivity index (χ0) is 9.26. The molecule has 2 rings (SSSR count). The molecule has 2 aromatic rings. The predicted octanol–water partition coefficient (Wildman–Crippen LogP) is 1.92. The first kappa shape index (κ1) is 7.91. The Balaban J connectivity index is 2.49. The van der Waals surface area contributed by atoms with Gasteiger partial charge in [0.2, 0.25) is 0 Å². The second kappa shape index (κ2) is 2.97. The third kappa shape index (κ3) is 1.42. The van der Waals surface area contributed by atoms with Crippen molar-refractivity contribution in [1.82, 2.24) is 15.2 Å². The molecule has 0 amide bonds. The van der Waals surface area contributed by atoms with Gasteiger partial charge in [-0.2, -0.15) is 5.10 Å². The molecule has 0 fully saturated rings. The van der Waals surface area contributed by atoms with E-state index in [9.17, 15) is 4.39 Å². The van der Waals surface area contributed by atoms with Crippen LogP contribution in [0.15, 0.2) is 24.4 Å². The van der Waals surface area contributed by atoms with E-state index < -0.39 is 0 Å². The molecule has 3 nitrogen and oxygen atoms in total. The molecule has 0 radical (unpaired) electrons. The lowest BCUT2D eigenvalue weighted by molar-refractivity contribution is 0.610. The highest BCUT2D eigenvalue weighted by Crippen LogP contribution is 2.14. The fraction of sp³-hybridized carbons (Fsp3) is 0.111. The molecule has 0 aliphatic rings. The summed E-state index contributed by atoms with van der Waals surface area (Å²) < 4.78 is 12.9. The Kier molecular flexibility index (Phi) is 1.81. The Morgan fingerprint density at radius 2 is 2.15 bits per heavy atom. The molecule has 0 unspecified atom stereocenters. The van der Waals surface area contributed by atoms with E-state index in [1.807, 2.05) is 0 Å². The monoisotopic (exact) mass is 177 g/mol. The van der Waals surface area contributed by atoms with E-state index in [2.05, 4.69) is 15.2 Å². The topological polar surface area (TPSA) is 41.6 Å². The number of aryl methyl sites for hydroxylation is 1. The minimum Gasteiger partial charge on any atom is -0.276 e. The minimum absolute atomic E-state index is 0.289. The number of nitrogens with one attached hydrogen (secondary N) is 1. The first-order chi connectivity index (χ1) is 6.27. The molecule has 0 bridgehead atoms. The third-order valence-corrected chi connectivity index (χ3v) is 1.80. The normalized spacial score (nSPS) is 10.3. The van der Waals surface area contributed by atoms with Crippen LogP contribution < -0.4 is 0 Å². The molecular weight excluding hydrogens is 169 g/mol. The first-order valence-electron chi connectivity index (χ1n) is 3.90. The molecule has 0 saturated heterocycles. The van der Waals surface area contributed by atoms with Gasteiger partial charge >= 0.3 is 0 Å². The molecule has 4 heteroatoms. The van der Waals surface area contributed by atoms with Crippen molar-refractivity contribution in [3.63, 3.8) is 0 Å². The second-order valence-corrected chi connectivity index (χ2v) is 2.73. The Hall–Kier alpha value is -1.71. The van der Waals surface area contributed by atoms with E-state index in [0.717, 1.165) is 5.69 Å². The van der Waals surface area contributed by atoms with Gasteiger partial charge in [-0.25, -0.2) is 9.37 Å². The van der Waals surface area contributed by atoms with Crippen LogP contribution in [0.2, 0.25) is 0 Å². The number of rotatable bonds is 1. The van der Waals surface area contributed by atoms with Crippen molar-refractivity contribution in [2.24, 2.45) is 0 Å². The molecule has 0 atom stereocenters. The van der Waals surface area contributed by atoms with Crippen LogP contribution in [0.25, 0.3) is 11.4 Å². The van der Waals surface area contributed by atoms with E-state index in [4.69, 9.17) is 0 Å². The Morgan fingerprint density at radius 3 is 2.77 bits per heavy atom. The lowest BCUT2D eigenvalue weighted by Gasteiger charge is -1.98. The molecule has 0 saturated carbocycles. The molecule has 66 valence electrons. The van der Waals surface area contributed by atoms with Gasteiger partial charge in [0, 0.05) is 6.20 Å².